The largest absolute Gasteiger partial charge is 0.497 e. The van der Waals surface area contributed by atoms with Crippen molar-refractivity contribution >= 4 is 10.9 Å². The van der Waals surface area contributed by atoms with E-state index in [-0.39, 0.29) is 0 Å². The number of ether oxygens (including phenoxy) is 2. The van der Waals surface area contributed by atoms with E-state index in [2.05, 4.69) is 4.98 Å². The van der Waals surface area contributed by atoms with Gasteiger partial charge in [-0.05, 0) is 67.8 Å². The molecule has 0 spiro atoms. The number of H-pyrrole nitrogens is 1. The highest BCUT2D eigenvalue weighted by molar-refractivity contribution is 5.92. The van der Waals surface area contributed by atoms with E-state index in [0.717, 1.165) is 35.7 Å². The highest BCUT2D eigenvalue weighted by atomic mass is 19.4. The molecule has 0 bridgehead atoms. The number of halogens is 3. The van der Waals surface area contributed by atoms with E-state index in [0.29, 0.717) is 35.4 Å². The molecule has 28 heavy (non-hydrogen) atoms. The fourth-order valence-corrected chi connectivity index (χ4v) is 3.37. The topological polar surface area (TPSA) is 60.3 Å². The Morgan fingerprint density at radius 3 is 2.43 bits per heavy atom. The van der Waals surface area contributed by atoms with E-state index in [1.807, 2.05) is 6.07 Å². The Morgan fingerprint density at radius 1 is 1.00 bits per heavy atom. The van der Waals surface area contributed by atoms with Crippen LogP contribution in [0.5, 0.6) is 11.5 Å². The number of aromatic nitrogens is 1. The molecule has 7 heteroatoms. The summed E-state index contributed by atoms with van der Waals surface area (Å²) in [5.74, 6) is 1.25. The van der Waals surface area contributed by atoms with Crippen molar-refractivity contribution in [2.45, 2.75) is 25.4 Å². The minimum Gasteiger partial charge on any atom is -0.497 e. The number of nitrogens with two attached hydrogens (primary N) is 1. The van der Waals surface area contributed by atoms with Gasteiger partial charge in [0, 0.05) is 16.5 Å². The first-order chi connectivity index (χ1) is 13.4. The number of hydrogen-bond acceptors (Lipinski definition) is 3. The van der Waals surface area contributed by atoms with Crippen LogP contribution in [-0.4, -0.2) is 25.7 Å². The number of alkyl halides is 3. The van der Waals surface area contributed by atoms with Crippen LogP contribution in [-0.2, 0) is 12.6 Å². The molecule has 0 saturated heterocycles. The number of benzene rings is 2. The van der Waals surface area contributed by atoms with Crippen LogP contribution in [0.4, 0.5) is 13.2 Å². The molecule has 0 atom stereocenters. The smallest absolute Gasteiger partial charge is 0.416 e. The molecule has 1 aromatic heterocycles. The Bertz CT molecular complexity index is 964. The highest BCUT2D eigenvalue weighted by Crippen LogP contribution is 2.40. The lowest BCUT2D eigenvalue weighted by atomic mass is 9.98. The van der Waals surface area contributed by atoms with E-state index in [1.54, 1.807) is 26.4 Å². The van der Waals surface area contributed by atoms with E-state index < -0.39 is 11.7 Å². The van der Waals surface area contributed by atoms with Crippen LogP contribution in [0.15, 0.2) is 36.4 Å². The standard InChI is InChI=1S/C21H23F3N2O2/c1-27-14-7-9-19(28-2)17(12-14)20-15(5-3-4-10-25)16-11-13(21(22,23)24)6-8-18(16)26-20/h6-9,11-12,26H,3-5,10,25H2,1-2H3. The van der Waals surface area contributed by atoms with Crippen molar-refractivity contribution in [1.29, 1.82) is 0 Å². The summed E-state index contributed by atoms with van der Waals surface area (Å²) in [5, 5.41) is 0.562. The maximum Gasteiger partial charge on any atom is 0.416 e. The zero-order chi connectivity index (χ0) is 20.3. The summed E-state index contributed by atoms with van der Waals surface area (Å²) in [7, 11) is 3.12. The van der Waals surface area contributed by atoms with Crippen LogP contribution in [0.3, 0.4) is 0 Å². The molecule has 150 valence electrons. The molecule has 3 aromatic rings. The van der Waals surface area contributed by atoms with E-state index in [9.17, 15) is 13.2 Å². The molecule has 2 aromatic carbocycles. The molecule has 0 aliphatic rings. The number of nitrogens with one attached hydrogen (secondary N) is 1. The summed E-state index contributed by atoms with van der Waals surface area (Å²) >= 11 is 0. The third kappa shape index (κ3) is 3.94. The first-order valence-electron chi connectivity index (χ1n) is 9.03. The van der Waals surface area contributed by atoms with Crippen molar-refractivity contribution < 1.29 is 22.6 Å². The quantitative estimate of drug-likeness (QED) is 0.547. The molecule has 3 rings (SSSR count). The van der Waals surface area contributed by atoms with Gasteiger partial charge in [-0.3, -0.25) is 0 Å². The summed E-state index contributed by atoms with van der Waals surface area (Å²) < 4.78 is 50.5. The van der Waals surface area contributed by atoms with Crippen molar-refractivity contribution in [3.05, 3.63) is 47.5 Å². The molecule has 0 radical (unpaired) electrons. The molecule has 0 aliphatic carbocycles. The Labute approximate surface area is 161 Å². The van der Waals surface area contributed by atoms with Gasteiger partial charge in [0.1, 0.15) is 11.5 Å². The number of hydrogen-bond donors (Lipinski definition) is 2. The summed E-state index contributed by atoms with van der Waals surface area (Å²) in [6.45, 7) is 0.536. The fraction of sp³-hybridized carbons (Fsp3) is 0.333. The highest BCUT2D eigenvalue weighted by Gasteiger charge is 2.31. The lowest BCUT2D eigenvalue weighted by Gasteiger charge is -2.12. The maximum absolute atomic E-state index is 13.2. The van der Waals surface area contributed by atoms with Gasteiger partial charge >= 0.3 is 6.18 Å². The van der Waals surface area contributed by atoms with Crippen LogP contribution < -0.4 is 15.2 Å². The van der Waals surface area contributed by atoms with Gasteiger partial charge in [-0.15, -0.1) is 0 Å². The maximum atomic E-state index is 13.2. The summed E-state index contributed by atoms with van der Waals surface area (Å²) in [5.41, 5.74) is 7.89. The summed E-state index contributed by atoms with van der Waals surface area (Å²) in [6, 6.07) is 9.15. The lowest BCUT2D eigenvalue weighted by Crippen LogP contribution is -2.04. The molecule has 4 nitrogen and oxygen atoms in total. The van der Waals surface area contributed by atoms with Crippen molar-refractivity contribution in [2.75, 3.05) is 20.8 Å². The second-order valence-corrected chi connectivity index (χ2v) is 6.55. The van der Waals surface area contributed by atoms with Crippen LogP contribution in [0, 0.1) is 0 Å². The van der Waals surface area contributed by atoms with Crippen molar-refractivity contribution in [3.8, 4) is 22.8 Å². The number of unbranched alkanes of at least 4 members (excludes halogenated alkanes) is 1. The number of methoxy groups -OCH3 is 2. The van der Waals surface area contributed by atoms with Crippen LogP contribution in [0.2, 0.25) is 0 Å². The second kappa shape index (κ2) is 8.14. The predicted molar refractivity (Wildman–Crippen MR) is 104 cm³/mol. The van der Waals surface area contributed by atoms with Gasteiger partial charge in [-0.2, -0.15) is 13.2 Å². The van der Waals surface area contributed by atoms with Crippen LogP contribution in [0.1, 0.15) is 24.0 Å². The van der Waals surface area contributed by atoms with Gasteiger partial charge in [0.15, 0.2) is 0 Å². The van der Waals surface area contributed by atoms with Crippen LogP contribution in [0.25, 0.3) is 22.2 Å². The van der Waals surface area contributed by atoms with Gasteiger partial charge in [0.25, 0.3) is 0 Å². The molecule has 0 saturated carbocycles. The van der Waals surface area contributed by atoms with Gasteiger partial charge in [0.05, 0.1) is 25.5 Å². The van der Waals surface area contributed by atoms with Gasteiger partial charge in [-0.1, -0.05) is 0 Å². The Kier molecular flexibility index (Phi) is 5.84. The van der Waals surface area contributed by atoms with E-state index in [1.165, 1.54) is 12.1 Å². The van der Waals surface area contributed by atoms with Gasteiger partial charge in [0.2, 0.25) is 0 Å². The molecule has 0 amide bonds. The van der Waals surface area contributed by atoms with Gasteiger partial charge < -0.3 is 20.2 Å². The zero-order valence-corrected chi connectivity index (χ0v) is 15.8. The van der Waals surface area contributed by atoms with Crippen LogP contribution >= 0.6 is 0 Å². The lowest BCUT2D eigenvalue weighted by molar-refractivity contribution is -0.137. The van der Waals surface area contributed by atoms with E-state index >= 15 is 0 Å². The Hall–Kier alpha value is -2.67. The second-order valence-electron chi connectivity index (χ2n) is 6.55. The summed E-state index contributed by atoms with van der Waals surface area (Å²) in [4.78, 5) is 3.28. The number of aromatic amines is 1. The SMILES string of the molecule is COc1ccc(OC)c(-c2[nH]c3ccc(C(F)(F)F)cc3c2CCCCN)c1. The van der Waals surface area contributed by atoms with Crippen molar-refractivity contribution in [2.24, 2.45) is 5.73 Å². The third-order valence-electron chi connectivity index (χ3n) is 4.79. The Balaban J connectivity index is 2.22. The average molecular weight is 392 g/mol. The molecule has 0 aliphatic heterocycles. The first-order valence-corrected chi connectivity index (χ1v) is 9.03. The normalized spacial score (nSPS) is 11.8. The third-order valence-corrected chi connectivity index (χ3v) is 4.79. The molecule has 0 unspecified atom stereocenters. The molecule has 3 N–H and O–H groups in total. The average Bonchev–Trinajstić information content (AvgIpc) is 3.04. The number of fused-ring (bicyclic) bond motifs is 1. The van der Waals surface area contributed by atoms with E-state index in [4.69, 9.17) is 15.2 Å². The fourth-order valence-electron chi connectivity index (χ4n) is 3.37. The zero-order valence-electron chi connectivity index (χ0n) is 15.8. The van der Waals surface area contributed by atoms with Gasteiger partial charge in [-0.25, -0.2) is 0 Å². The Morgan fingerprint density at radius 2 is 1.79 bits per heavy atom. The molecule has 1 heterocycles. The minimum atomic E-state index is -4.40. The predicted octanol–water partition coefficient (Wildman–Crippen LogP) is 5.15. The number of rotatable bonds is 7. The van der Waals surface area contributed by atoms with Crippen molar-refractivity contribution in [3.63, 3.8) is 0 Å². The number of aryl methyl sites for hydroxylation is 1. The first kappa shape index (κ1) is 20.1. The summed E-state index contributed by atoms with van der Waals surface area (Å²) in [6.07, 6.45) is -2.22. The minimum absolute atomic E-state index is 0.536. The molecular weight excluding hydrogens is 369 g/mol. The molecular formula is C21H23F3N2O2. The monoisotopic (exact) mass is 392 g/mol. The molecule has 0 fully saturated rings. The van der Waals surface area contributed by atoms with Crippen molar-refractivity contribution in [1.82, 2.24) is 4.98 Å².